The van der Waals surface area contributed by atoms with Gasteiger partial charge < -0.3 is 5.32 Å². The van der Waals surface area contributed by atoms with Gasteiger partial charge in [0.15, 0.2) is 0 Å². The van der Waals surface area contributed by atoms with Crippen LogP contribution in [0, 0.1) is 0 Å². The Morgan fingerprint density at radius 1 is 1.08 bits per heavy atom. The molecule has 0 saturated heterocycles. The third-order valence-electron chi connectivity index (χ3n) is 4.62. The zero-order valence-electron chi connectivity index (χ0n) is 14.9. The van der Waals surface area contributed by atoms with Gasteiger partial charge in [-0.15, -0.1) is 10.8 Å². The van der Waals surface area contributed by atoms with Crippen LogP contribution in [-0.2, 0) is 6.42 Å². The molecule has 0 bridgehead atoms. The van der Waals surface area contributed by atoms with E-state index in [9.17, 15) is 9.11 Å². The molecule has 1 aliphatic rings. The number of hydrogen-bond acceptors (Lipinski definition) is 4. The summed E-state index contributed by atoms with van der Waals surface area (Å²) in [6, 6.07) is 18.2. The molecule has 1 heterocycles. The monoisotopic (exact) mass is 360 g/mol. The Morgan fingerprint density at radius 2 is 1.76 bits per heavy atom. The van der Waals surface area contributed by atoms with Crippen molar-refractivity contribution in [2.75, 3.05) is 10.8 Å². The maximum atomic E-state index is 11.1. The second kappa shape index (κ2) is 7.79. The van der Waals surface area contributed by atoms with Crippen LogP contribution in [0.25, 0.3) is 0 Å². The van der Waals surface area contributed by atoms with E-state index in [2.05, 4.69) is 25.2 Å². The third kappa shape index (κ3) is 4.01. The molecule has 0 radical (unpaired) electrons. The largest absolute Gasteiger partial charge is 0.315 e. The van der Waals surface area contributed by atoms with Gasteiger partial charge in [-0.3, -0.25) is 9.11 Å². The van der Waals surface area contributed by atoms with Crippen LogP contribution < -0.4 is 9.62 Å². The minimum absolute atomic E-state index is 0.156. The first-order valence-corrected chi connectivity index (χ1v) is 10.5. The quantitative estimate of drug-likeness (QED) is 0.620. The van der Waals surface area contributed by atoms with Crippen LogP contribution in [0.1, 0.15) is 32.3 Å². The third-order valence-corrected chi connectivity index (χ3v) is 6.86. The van der Waals surface area contributed by atoms with Gasteiger partial charge in [0, 0.05) is 6.04 Å². The van der Waals surface area contributed by atoms with Gasteiger partial charge in [0.25, 0.3) is 0 Å². The molecule has 2 aromatic rings. The molecule has 0 saturated carbocycles. The van der Waals surface area contributed by atoms with Crippen molar-refractivity contribution in [1.29, 1.82) is 0 Å². The Balaban J connectivity index is 1.88. The van der Waals surface area contributed by atoms with E-state index in [1.165, 1.54) is 5.56 Å². The van der Waals surface area contributed by atoms with E-state index < -0.39 is 10.8 Å². The first-order valence-electron chi connectivity index (χ1n) is 8.94. The van der Waals surface area contributed by atoms with Crippen LogP contribution in [0.15, 0.2) is 54.6 Å². The van der Waals surface area contributed by atoms with Gasteiger partial charge in [-0.05, 0) is 49.6 Å². The second-order valence-corrected chi connectivity index (χ2v) is 9.05. The molecule has 0 amide bonds. The lowest BCUT2D eigenvalue weighted by molar-refractivity contribution is 0.451. The molecule has 1 unspecified atom stereocenters. The first-order chi connectivity index (χ1) is 12.0. The zero-order valence-corrected chi connectivity index (χ0v) is 15.7. The highest BCUT2D eigenvalue weighted by atomic mass is 32.3. The number of nitrogens with one attached hydrogen (secondary N) is 1. The summed E-state index contributed by atoms with van der Waals surface area (Å²) >= 11 is 0. The lowest BCUT2D eigenvalue weighted by atomic mass is 10.0. The predicted octanol–water partition coefficient (Wildman–Crippen LogP) is 5.19. The highest BCUT2D eigenvalue weighted by Crippen LogP contribution is 2.60. The normalized spacial score (nSPS) is 20.4. The van der Waals surface area contributed by atoms with Gasteiger partial charge in [0.2, 0.25) is 0 Å². The fraction of sp³-hybridized carbons (Fsp3) is 0.400. The van der Waals surface area contributed by atoms with E-state index in [-0.39, 0.29) is 5.25 Å². The molecule has 5 heteroatoms. The van der Waals surface area contributed by atoms with Crippen LogP contribution in [0.5, 0.6) is 0 Å². The van der Waals surface area contributed by atoms with Crippen molar-refractivity contribution in [1.82, 2.24) is 5.32 Å². The van der Waals surface area contributed by atoms with Crippen molar-refractivity contribution in [3.8, 4) is 0 Å². The highest BCUT2D eigenvalue weighted by molar-refractivity contribution is 8.26. The number of para-hydroxylation sites is 2. The van der Waals surface area contributed by atoms with Crippen LogP contribution in [0.2, 0.25) is 0 Å². The number of benzene rings is 2. The van der Waals surface area contributed by atoms with Crippen molar-refractivity contribution >= 4 is 22.2 Å². The summed E-state index contributed by atoms with van der Waals surface area (Å²) in [5.74, 6) is 0. The topological polar surface area (TPSA) is 55.7 Å². The Bertz CT molecular complexity index is 691. The van der Waals surface area contributed by atoms with Crippen LogP contribution >= 0.6 is 10.8 Å². The Kier molecular flexibility index (Phi) is 5.69. The molecule has 0 fully saturated rings. The molecular weight excluding hydrogens is 332 g/mol. The van der Waals surface area contributed by atoms with Crippen molar-refractivity contribution < 1.29 is 9.11 Å². The molecule has 1 atom stereocenters. The number of nitrogens with zero attached hydrogens (tertiary/aromatic N) is 1. The summed E-state index contributed by atoms with van der Waals surface area (Å²) < 4.78 is 24.1. The fourth-order valence-electron chi connectivity index (χ4n) is 3.37. The van der Waals surface area contributed by atoms with Crippen molar-refractivity contribution in [2.45, 2.75) is 44.4 Å². The average molecular weight is 361 g/mol. The number of hydrogen-bond donors (Lipinski definition) is 3. The van der Waals surface area contributed by atoms with Crippen LogP contribution in [-0.4, -0.2) is 26.9 Å². The molecule has 2 aromatic carbocycles. The van der Waals surface area contributed by atoms with Crippen molar-refractivity contribution in [2.24, 2.45) is 0 Å². The minimum Gasteiger partial charge on any atom is -0.315 e. The lowest BCUT2D eigenvalue weighted by Crippen LogP contribution is -2.38. The molecule has 0 aliphatic carbocycles. The molecule has 25 heavy (non-hydrogen) atoms. The smallest absolute Gasteiger partial charge is 0.0733 e. The summed E-state index contributed by atoms with van der Waals surface area (Å²) in [6.45, 7) is 5.15. The second-order valence-electron chi connectivity index (χ2n) is 6.90. The summed E-state index contributed by atoms with van der Waals surface area (Å²) in [4.78, 5) is 0. The molecular formula is C20H28N2O2S. The summed E-state index contributed by atoms with van der Waals surface area (Å²) in [6.07, 6.45) is 2.44. The summed E-state index contributed by atoms with van der Waals surface area (Å²) in [7, 11) is -2.93. The van der Waals surface area contributed by atoms with E-state index in [1.807, 2.05) is 48.5 Å². The van der Waals surface area contributed by atoms with Gasteiger partial charge in [-0.2, -0.15) is 0 Å². The standard InChI is InChI=1S/C20H28N2O2S/c1-16(2)21-14-8-12-19-15-17-9-6-7-13-20(17)22(25(19,23)24)18-10-4-3-5-11-18/h3-7,9-11,13,16,19,21,23-24H,8,12,14-15H2,1-2H3. The van der Waals surface area contributed by atoms with Crippen molar-refractivity contribution in [3.63, 3.8) is 0 Å². The molecule has 0 spiro atoms. The lowest BCUT2D eigenvalue weighted by Gasteiger charge is -2.53. The minimum atomic E-state index is -2.93. The Morgan fingerprint density at radius 3 is 2.48 bits per heavy atom. The molecule has 0 aromatic heterocycles. The maximum Gasteiger partial charge on any atom is 0.0733 e. The Labute approximate surface area is 152 Å². The molecule has 1 aliphatic heterocycles. The fourth-order valence-corrected chi connectivity index (χ4v) is 5.45. The molecule has 3 rings (SSSR count). The van der Waals surface area contributed by atoms with Crippen molar-refractivity contribution in [3.05, 3.63) is 60.2 Å². The van der Waals surface area contributed by atoms with E-state index in [0.29, 0.717) is 12.5 Å². The van der Waals surface area contributed by atoms with Crippen LogP contribution in [0.3, 0.4) is 0 Å². The number of fused-ring (bicyclic) bond motifs is 1. The maximum absolute atomic E-state index is 11.1. The van der Waals surface area contributed by atoms with E-state index in [1.54, 1.807) is 4.31 Å². The Hall–Kier alpha value is -1.53. The highest BCUT2D eigenvalue weighted by Gasteiger charge is 2.38. The zero-order chi connectivity index (χ0) is 17.9. The molecule has 136 valence electrons. The molecule has 3 N–H and O–H groups in total. The summed E-state index contributed by atoms with van der Waals surface area (Å²) in [5.41, 5.74) is 2.92. The molecule has 4 nitrogen and oxygen atoms in total. The van der Waals surface area contributed by atoms with E-state index >= 15 is 0 Å². The van der Waals surface area contributed by atoms with E-state index in [4.69, 9.17) is 0 Å². The van der Waals surface area contributed by atoms with Gasteiger partial charge in [-0.25, -0.2) is 4.31 Å². The average Bonchev–Trinajstić information content (AvgIpc) is 2.59. The van der Waals surface area contributed by atoms with Crippen LogP contribution in [0.4, 0.5) is 11.4 Å². The van der Waals surface area contributed by atoms with Gasteiger partial charge >= 0.3 is 0 Å². The van der Waals surface area contributed by atoms with Gasteiger partial charge in [-0.1, -0.05) is 50.2 Å². The predicted molar refractivity (Wildman–Crippen MR) is 108 cm³/mol. The number of anilines is 2. The van der Waals surface area contributed by atoms with E-state index in [0.717, 1.165) is 30.8 Å². The SMILES string of the molecule is CC(C)NCCCC1Cc2ccccc2N(c2ccccc2)S1(O)O. The van der Waals surface area contributed by atoms with Gasteiger partial charge in [0.1, 0.15) is 0 Å². The van der Waals surface area contributed by atoms with Gasteiger partial charge in [0.05, 0.1) is 16.6 Å². The number of rotatable bonds is 6. The summed E-state index contributed by atoms with van der Waals surface area (Å²) in [5, 5.41) is 3.25. The first kappa shape index (κ1) is 18.3.